The number of nitrogens with one attached hydrogen (secondary N) is 1. The number of amides is 2. The normalized spacial score (nSPS) is 22.6. The molecule has 0 radical (unpaired) electrons. The molecule has 0 saturated carbocycles. The molecule has 6 heteroatoms. The van der Waals surface area contributed by atoms with Gasteiger partial charge in [-0.05, 0) is 63.4 Å². The van der Waals surface area contributed by atoms with Crippen molar-refractivity contribution in [1.82, 2.24) is 20.1 Å². The molecule has 130 valence electrons. The van der Waals surface area contributed by atoms with Crippen molar-refractivity contribution in [3.63, 3.8) is 0 Å². The number of pyridine rings is 1. The first kappa shape index (κ1) is 16.9. The molecule has 1 aromatic heterocycles. The van der Waals surface area contributed by atoms with Gasteiger partial charge in [-0.25, -0.2) is 0 Å². The van der Waals surface area contributed by atoms with Gasteiger partial charge in [0.1, 0.15) is 5.69 Å². The van der Waals surface area contributed by atoms with E-state index in [1.807, 2.05) is 4.90 Å². The van der Waals surface area contributed by atoms with E-state index >= 15 is 0 Å². The van der Waals surface area contributed by atoms with Gasteiger partial charge in [-0.3, -0.25) is 14.6 Å². The van der Waals surface area contributed by atoms with Crippen LogP contribution >= 0.6 is 0 Å². The molecule has 0 aliphatic carbocycles. The first-order valence-corrected chi connectivity index (χ1v) is 8.74. The summed E-state index contributed by atoms with van der Waals surface area (Å²) in [6.45, 7) is 4.01. The van der Waals surface area contributed by atoms with Gasteiger partial charge in [0, 0.05) is 26.3 Å². The highest BCUT2D eigenvalue weighted by Gasteiger charge is 2.33. The van der Waals surface area contributed by atoms with Crippen molar-refractivity contribution in [3.05, 3.63) is 29.6 Å². The number of piperidine rings is 1. The Bertz CT molecular complexity index is 594. The van der Waals surface area contributed by atoms with Crippen LogP contribution in [0.1, 0.15) is 40.1 Å². The molecule has 24 heavy (non-hydrogen) atoms. The second kappa shape index (κ2) is 7.30. The summed E-state index contributed by atoms with van der Waals surface area (Å²) in [6, 6.07) is 3.30. The number of rotatable bonds is 3. The molecular weight excluding hydrogens is 304 g/mol. The van der Waals surface area contributed by atoms with Crippen LogP contribution in [0.5, 0.6) is 0 Å². The van der Waals surface area contributed by atoms with E-state index in [1.165, 1.54) is 32.1 Å². The molecule has 0 aromatic carbocycles. The first-order chi connectivity index (χ1) is 11.6. The van der Waals surface area contributed by atoms with E-state index in [0.717, 1.165) is 25.4 Å². The van der Waals surface area contributed by atoms with Crippen molar-refractivity contribution in [1.29, 1.82) is 0 Å². The van der Waals surface area contributed by atoms with E-state index in [2.05, 4.69) is 22.2 Å². The summed E-state index contributed by atoms with van der Waals surface area (Å²) in [4.78, 5) is 32.6. The van der Waals surface area contributed by atoms with Crippen molar-refractivity contribution in [3.8, 4) is 0 Å². The van der Waals surface area contributed by atoms with Gasteiger partial charge in [-0.15, -0.1) is 0 Å². The van der Waals surface area contributed by atoms with E-state index in [1.54, 1.807) is 19.2 Å². The quantitative estimate of drug-likeness (QED) is 0.906. The lowest BCUT2D eigenvalue weighted by atomic mass is 9.84. The molecule has 0 bridgehead atoms. The number of carbonyl (C=O) groups is 2. The first-order valence-electron chi connectivity index (χ1n) is 8.74. The zero-order valence-electron chi connectivity index (χ0n) is 14.5. The summed E-state index contributed by atoms with van der Waals surface area (Å²) in [5.74, 6) is 1.16. The number of carbonyl (C=O) groups excluding carboxylic acids is 2. The fourth-order valence-electron chi connectivity index (χ4n) is 3.82. The SMILES string of the molecule is CNC(=O)c1ccc(C(=O)N2CCC(C3CCN(C)CC3)C2)cn1. The number of hydrogen-bond acceptors (Lipinski definition) is 4. The van der Waals surface area contributed by atoms with Crippen molar-refractivity contribution in [2.45, 2.75) is 19.3 Å². The predicted molar refractivity (Wildman–Crippen MR) is 91.9 cm³/mol. The van der Waals surface area contributed by atoms with E-state index in [9.17, 15) is 9.59 Å². The molecule has 2 aliphatic heterocycles. The molecule has 1 aromatic rings. The van der Waals surface area contributed by atoms with Gasteiger partial charge in [0.25, 0.3) is 11.8 Å². The largest absolute Gasteiger partial charge is 0.354 e. The summed E-state index contributed by atoms with van der Waals surface area (Å²) in [6.07, 6.45) is 5.09. The minimum Gasteiger partial charge on any atom is -0.354 e. The zero-order chi connectivity index (χ0) is 17.1. The van der Waals surface area contributed by atoms with E-state index < -0.39 is 0 Å². The lowest BCUT2D eigenvalue weighted by Crippen LogP contribution is -2.35. The van der Waals surface area contributed by atoms with Gasteiger partial charge in [0.15, 0.2) is 0 Å². The van der Waals surface area contributed by atoms with Crippen LogP contribution in [0.2, 0.25) is 0 Å². The minimum atomic E-state index is -0.238. The Morgan fingerprint density at radius 3 is 2.46 bits per heavy atom. The average Bonchev–Trinajstić information content (AvgIpc) is 3.11. The van der Waals surface area contributed by atoms with Gasteiger partial charge < -0.3 is 15.1 Å². The second-order valence-electron chi connectivity index (χ2n) is 6.95. The van der Waals surface area contributed by atoms with Crippen LogP contribution in [0, 0.1) is 11.8 Å². The van der Waals surface area contributed by atoms with E-state index in [-0.39, 0.29) is 11.8 Å². The van der Waals surface area contributed by atoms with Crippen LogP contribution in [-0.2, 0) is 0 Å². The number of hydrogen-bond donors (Lipinski definition) is 1. The van der Waals surface area contributed by atoms with Crippen LogP contribution in [0.25, 0.3) is 0 Å². The highest BCUT2D eigenvalue weighted by molar-refractivity contribution is 5.96. The third kappa shape index (κ3) is 3.59. The molecule has 1 unspecified atom stereocenters. The highest BCUT2D eigenvalue weighted by Crippen LogP contribution is 2.32. The average molecular weight is 330 g/mol. The maximum atomic E-state index is 12.7. The molecule has 2 fully saturated rings. The third-order valence-corrected chi connectivity index (χ3v) is 5.41. The monoisotopic (exact) mass is 330 g/mol. The molecule has 0 spiro atoms. The molecule has 1 N–H and O–H groups in total. The summed E-state index contributed by atoms with van der Waals surface area (Å²) in [5, 5.41) is 2.53. The van der Waals surface area contributed by atoms with E-state index in [4.69, 9.17) is 0 Å². The van der Waals surface area contributed by atoms with Gasteiger partial charge >= 0.3 is 0 Å². The van der Waals surface area contributed by atoms with Crippen molar-refractivity contribution in [2.75, 3.05) is 40.3 Å². The Kier molecular flexibility index (Phi) is 5.14. The Morgan fingerprint density at radius 2 is 1.83 bits per heavy atom. The Labute approximate surface area is 143 Å². The standard InChI is InChI=1S/C18H26N4O2/c1-19-17(23)16-4-3-14(11-20-16)18(24)22-10-7-15(12-22)13-5-8-21(2)9-6-13/h3-4,11,13,15H,5-10,12H2,1-2H3,(H,19,23). The maximum absolute atomic E-state index is 12.7. The second-order valence-corrected chi connectivity index (χ2v) is 6.95. The Hall–Kier alpha value is -1.95. The molecule has 3 heterocycles. The molecule has 2 aliphatic rings. The fourth-order valence-corrected chi connectivity index (χ4v) is 3.82. The third-order valence-electron chi connectivity index (χ3n) is 5.41. The molecule has 2 amide bonds. The fraction of sp³-hybridized carbons (Fsp3) is 0.611. The molecular formula is C18H26N4O2. The summed E-state index contributed by atoms with van der Waals surface area (Å²) in [7, 11) is 3.74. The molecule has 3 rings (SSSR count). The van der Waals surface area contributed by atoms with Crippen molar-refractivity contribution < 1.29 is 9.59 Å². The summed E-state index contributed by atoms with van der Waals surface area (Å²) >= 11 is 0. The van der Waals surface area contributed by atoms with Gasteiger partial charge in [0.05, 0.1) is 5.56 Å². The maximum Gasteiger partial charge on any atom is 0.269 e. The van der Waals surface area contributed by atoms with Crippen LogP contribution in [0.4, 0.5) is 0 Å². The van der Waals surface area contributed by atoms with Crippen LogP contribution in [-0.4, -0.2) is 66.9 Å². The lowest BCUT2D eigenvalue weighted by Gasteiger charge is -2.32. The van der Waals surface area contributed by atoms with E-state index in [0.29, 0.717) is 17.2 Å². The van der Waals surface area contributed by atoms with Gasteiger partial charge in [-0.2, -0.15) is 0 Å². The Balaban J connectivity index is 1.59. The van der Waals surface area contributed by atoms with Crippen LogP contribution in [0.15, 0.2) is 18.3 Å². The highest BCUT2D eigenvalue weighted by atomic mass is 16.2. The number of likely N-dealkylation sites (tertiary alicyclic amines) is 2. The van der Waals surface area contributed by atoms with Crippen molar-refractivity contribution in [2.24, 2.45) is 11.8 Å². The Morgan fingerprint density at radius 1 is 1.12 bits per heavy atom. The molecule has 1 atom stereocenters. The summed E-state index contributed by atoms with van der Waals surface area (Å²) in [5.41, 5.74) is 0.895. The minimum absolute atomic E-state index is 0.0291. The number of aromatic nitrogens is 1. The van der Waals surface area contributed by atoms with Gasteiger partial charge in [-0.1, -0.05) is 0 Å². The number of nitrogens with zero attached hydrogens (tertiary/aromatic N) is 3. The van der Waals surface area contributed by atoms with Gasteiger partial charge in [0.2, 0.25) is 0 Å². The topological polar surface area (TPSA) is 65.5 Å². The predicted octanol–water partition coefficient (Wildman–Crippen LogP) is 1.25. The summed E-state index contributed by atoms with van der Waals surface area (Å²) < 4.78 is 0. The smallest absolute Gasteiger partial charge is 0.269 e. The lowest BCUT2D eigenvalue weighted by molar-refractivity contribution is 0.0774. The zero-order valence-corrected chi connectivity index (χ0v) is 14.5. The molecule has 6 nitrogen and oxygen atoms in total. The van der Waals surface area contributed by atoms with Crippen LogP contribution in [0.3, 0.4) is 0 Å². The molecule has 2 saturated heterocycles. The van der Waals surface area contributed by atoms with Crippen LogP contribution < -0.4 is 5.32 Å². The van der Waals surface area contributed by atoms with Crippen molar-refractivity contribution >= 4 is 11.8 Å².